The van der Waals surface area contributed by atoms with Crippen LogP contribution in [0.5, 0.6) is 5.75 Å². The number of rotatable bonds is 17. The number of alkyl carbamates (subject to hydrolysis) is 1. The summed E-state index contributed by atoms with van der Waals surface area (Å²) in [5.74, 6) is 0.190. The standard InChI is InChI=1S/C23H36FN3O8P2/c1-23(2,31)20(36)17-5-7-18(8-6-17)32-15-16-34-21(29)26-11-14-33-19(28)9-13-27(3)12-4-10-25-22(30)35-37-24/h5-8,31,36-37H,4,9-16H2,1-3H3,(H,25,30)(H,26,29). The van der Waals surface area contributed by atoms with Crippen molar-refractivity contribution in [3.63, 3.8) is 0 Å². The third-order valence-corrected chi connectivity index (χ3v) is 5.95. The number of carbonyl (C=O) groups is 3. The Morgan fingerprint density at radius 1 is 1.03 bits per heavy atom. The highest BCUT2D eigenvalue weighted by atomic mass is 31.1. The van der Waals surface area contributed by atoms with Gasteiger partial charge in [0.1, 0.15) is 25.6 Å². The minimum atomic E-state index is -1.38. The zero-order chi connectivity index (χ0) is 27.7. The number of benzene rings is 1. The first-order valence-corrected chi connectivity index (χ1v) is 12.9. The highest BCUT2D eigenvalue weighted by molar-refractivity contribution is 7.26. The molecule has 208 valence electrons. The largest absolute Gasteiger partial charge is 0.490 e. The van der Waals surface area contributed by atoms with Gasteiger partial charge in [-0.05, 0) is 51.6 Å². The molecule has 1 atom stereocenters. The van der Waals surface area contributed by atoms with E-state index in [2.05, 4.69) is 24.0 Å². The quantitative estimate of drug-likeness (QED) is 0.113. The summed E-state index contributed by atoms with van der Waals surface area (Å²) in [6.07, 6.45) is -0.665. The third kappa shape index (κ3) is 15.4. The van der Waals surface area contributed by atoms with E-state index in [9.17, 15) is 23.7 Å². The maximum atomic E-state index is 11.8. The summed E-state index contributed by atoms with van der Waals surface area (Å²) >= 11 is 0. The molecule has 1 rings (SSSR count). The molecule has 0 aliphatic heterocycles. The summed E-state index contributed by atoms with van der Waals surface area (Å²) in [5, 5.41) is 15.6. The molecule has 0 heterocycles. The van der Waals surface area contributed by atoms with Gasteiger partial charge < -0.3 is 39.4 Å². The van der Waals surface area contributed by atoms with Crippen molar-refractivity contribution in [1.29, 1.82) is 0 Å². The lowest BCUT2D eigenvalue weighted by atomic mass is 9.98. The fourth-order valence-electron chi connectivity index (χ4n) is 2.81. The first kappa shape index (κ1) is 32.5. The lowest BCUT2D eigenvalue weighted by Crippen LogP contribution is -2.31. The normalized spacial score (nSPS) is 11.3. The molecule has 0 aromatic heterocycles. The van der Waals surface area contributed by atoms with Crippen molar-refractivity contribution < 1.29 is 42.4 Å². The number of halogens is 1. The number of carbonyl (C=O) groups excluding carboxylic acids is 3. The van der Waals surface area contributed by atoms with E-state index >= 15 is 0 Å². The highest BCUT2D eigenvalue weighted by Gasteiger charge is 2.19. The second-order valence-electron chi connectivity index (χ2n) is 8.39. The molecule has 0 spiro atoms. The van der Waals surface area contributed by atoms with Crippen LogP contribution < -0.4 is 15.4 Å². The summed E-state index contributed by atoms with van der Waals surface area (Å²) < 4.78 is 31.6. The number of ether oxygens (including phenoxy) is 3. The van der Waals surface area contributed by atoms with Crippen LogP contribution in [0.25, 0.3) is 0 Å². The molecule has 11 nitrogen and oxygen atoms in total. The van der Waals surface area contributed by atoms with Gasteiger partial charge in [-0.25, -0.2) is 9.59 Å². The molecular formula is C23H36FN3O8P2. The number of nitrogens with one attached hydrogen (secondary N) is 2. The van der Waals surface area contributed by atoms with E-state index in [1.807, 2.05) is 11.9 Å². The molecule has 0 aliphatic rings. The number of hydrogen-bond acceptors (Lipinski definition) is 9. The van der Waals surface area contributed by atoms with E-state index in [1.54, 1.807) is 38.1 Å². The molecule has 37 heavy (non-hydrogen) atoms. The topological polar surface area (TPSA) is 136 Å². The van der Waals surface area contributed by atoms with E-state index in [-0.39, 0.29) is 32.8 Å². The van der Waals surface area contributed by atoms with E-state index in [4.69, 9.17) is 14.2 Å². The van der Waals surface area contributed by atoms with E-state index in [1.165, 1.54) is 0 Å². The fourth-order valence-corrected chi connectivity index (χ4v) is 3.12. The van der Waals surface area contributed by atoms with Crippen LogP contribution >= 0.6 is 18.0 Å². The molecule has 0 saturated heterocycles. The maximum absolute atomic E-state index is 11.8. The average molecular weight is 564 g/mol. The maximum Gasteiger partial charge on any atom is 0.411 e. The van der Waals surface area contributed by atoms with Gasteiger partial charge in [-0.2, -0.15) is 4.20 Å². The van der Waals surface area contributed by atoms with E-state index in [0.29, 0.717) is 37.1 Å². The Labute approximate surface area is 220 Å². The molecule has 2 amide bonds. The predicted octanol–water partition coefficient (Wildman–Crippen LogP) is 2.69. The summed E-state index contributed by atoms with van der Waals surface area (Å²) in [6, 6.07) is 7.11. The van der Waals surface area contributed by atoms with Crippen LogP contribution in [-0.4, -0.2) is 92.1 Å². The first-order chi connectivity index (χ1) is 17.5. The van der Waals surface area contributed by atoms with Crippen LogP contribution in [0.2, 0.25) is 0 Å². The summed E-state index contributed by atoms with van der Waals surface area (Å²) in [5.41, 5.74) is -0.168. The number of hydrogen-bond donors (Lipinski definition) is 3. The molecule has 3 N–H and O–H groups in total. The molecule has 1 aromatic rings. The Kier molecular flexibility index (Phi) is 15.7. The van der Waals surface area contributed by atoms with Gasteiger partial charge >= 0.3 is 18.2 Å². The van der Waals surface area contributed by atoms with Crippen molar-refractivity contribution in [3.8, 4) is 5.75 Å². The Hall–Kier alpha value is -2.52. The van der Waals surface area contributed by atoms with Crippen molar-refractivity contribution >= 4 is 41.4 Å². The second-order valence-corrected chi connectivity index (χ2v) is 9.25. The van der Waals surface area contributed by atoms with Gasteiger partial charge in [0.15, 0.2) is 0 Å². The molecule has 1 unspecified atom stereocenters. The van der Waals surface area contributed by atoms with Crippen LogP contribution in [-0.2, 0) is 18.8 Å². The Balaban J connectivity index is 2.06. The summed E-state index contributed by atoms with van der Waals surface area (Å²) in [6.45, 7) is 5.08. The van der Waals surface area contributed by atoms with E-state index in [0.717, 1.165) is 5.56 Å². The minimum Gasteiger partial charge on any atom is -0.490 e. The van der Waals surface area contributed by atoms with Gasteiger partial charge in [0.25, 0.3) is 9.12 Å². The molecular weight excluding hydrogens is 527 g/mol. The van der Waals surface area contributed by atoms with Crippen LogP contribution in [0.3, 0.4) is 0 Å². The van der Waals surface area contributed by atoms with Crippen LogP contribution in [0.1, 0.15) is 32.3 Å². The smallest absolute Gasteiger partial charge is 0.411 e. The summed E-state index contributed by atoms with van der Waals surface area (Å²) in [4.78, 5) is 36.4. The van der Waals surface area contributed by atoms with Crippen LogP contribution in [0, 0.1) is 0 Å². The van der Waals surface area contributed by atoms with Crippen molar-refractivity contribution in [1.82, 2.24) is 15.5 Å². The molecule has 0 radical (unpaired) electrons. The van der Waals surface area contributed by atoms with Crippen molar-refractivity contribution in [2.24, 2.45) is 0 Å². The average Bonchev–Trinajstić information content (AvgIpc) is 2.85. The van der Waals surface area contributed by atoms with Crippen molar-refractivity contribution in [2.45, 2.75) is 32.3 Å². The predicted molar refractivity (Wildman–Crippen MR) is 142 cm³/mol. The lowest BCUT2D eigenvalue weighted by Gasteiger charge is -2.20. The van der Waals surface area contributed by atoms with Gasteiger partial charge in [-0.3, -0.25) is 4.79 Å². The molecule has 0 aliphatic carbocycles. The molecule has 14 heteroatoms. The van der Waals surface area contributed by atoms with Crippen LogP contribution in [0.4, 0.5) is 13.8 Å². The number of aliphatic hydroxyl groups is 1. The SMILES string of the molecule is CN(CCCNC(=O)OPF)CCC(=O)OCCNC(=O)OCCOc1ccc(C(=P)C(C)(C)O)cc1. The third-order valence-electron chi connectivity index (χ3n) is 4.79. The molecule has 0 bridgehead atoms. The number of nitrogens with zero attached hydrogens (tertiary/aromatic N) is 1. The number of esters is 1. The highest BCUT2D eigenvalue weighted by Crippen LogP contribution is 2.18. The minimum absolute atomic E-state index is 0.0127. The first-order valence-electron chi connectivity index (χ1n) is 11.6. The fraction of sp³-hybridized carbons (Fsp3) is 0.565. The molecule has 0 fully saturated rings. The van der Waals surface area contributed by atoms with E-state index < -0.39 is 32.9 Å². The van der Waals surface area contributed by atoms with Gasteiger partial charge in [0.05, 0.1) is 18.6 Å². The van der Waals surface area contributed by atoms with Gasteiger partial charge in [0, 0.05) is 18.4 Å². The monoisotopic (exact) mass is 563 g/mol. The Bertz CT molecular complexity index is 869. The zero-order valence-corrected chi connectivity index (χ0v) is 23.3. The Morgan fingerprint density at radius 2 is 1.70 bits per heavy atom. The lowest BCUT2D eigenvalue weighted by molar-refractivity contribution is -0.143. The van der Waals surface area contributed by atoms with Crippen LogP contribution in [0.15, 0.2) is 24.3 Å². The van der Waals surface area contributed by atoms with Gasteiger partial charge in [-0.15, -0.1) is 8.86 Å². The molecule has 0 saturated carbocycles. The van der Waals surface area contributed by atoms with Crippen molar-refractivity contribution in [3.05, 3.63) is 29.8 Å². The second kappa shape index (κ2) is 17.9. The van der Waals surface area contributed by atoms with Gasteiger partial charge in [0.2, 0.25) is 0 Å². The summed E-state index contributed by atoms with van der Waals surface area (Å²) in [7, 11) is 3.88. The number of amides is 2. The van der Waals surface area contributed by atoms with Gasteiger partial charge in [-0.1, -0.05) is 12.1 Å². The molecule has 1 aromatic carbocycles. The van der Waals surface area contributed by atoms with Crippen molar-refractivity contribution in [2.75, 3.05) is 53.0 Å². The zero-order valence-electron chi connectivity index (χ0n) is 21.3. The Morgan fingerprint density at radius 3 is 2.35 bits per heavy atom.